The summed E-state index contributed by atoms with van der Waals surface area (Å²) in [6, 6.07) is 2.57. The van der Waals surface area contributed by atoms with E-state index in [1.54, 1.807) is 12.5 Å². The van der Waals surface area contributed by atoms with Crippen molar-refractivity contribution in [2.24, 2.45) is 0 Å². The molecule has 1 N–H and O–H groups in total. The maximum Gasteiger partial charge on any atom is 0.240 e. The van der Waals surface area contributed by atoms with Crippen LogP contribution in [0.4, 0.5) is 0 Å². The molecule has 1 aliphatic heterocycles. The quantitative estimate of drug-likeness (QED) is 0.827. The van der Waals surface area contributed by atoms with Gasteiger partial charge in [0.15, 0.2) is 0 Å². The number of carbonyl (C=O) groups is 1. The van der Waals surface area contributed by atoms with Crippen molar-refractivity contribution in [1.29, 1.82) is 0 Å². The lowest BCUT2D eigenvalue weighted by atomic mass is 10.2. The largest absolute Gasteiger partial charge is 0.472 e. The summed E-state index contributed by atoms with van der Waals surface area (Å²) in [5.74, 6) is 0.244. The second kappa shape index (κ2) is 3.94. The molecule has 86 valence electrons. The van der Waals surface area contributed by atoms with Crippen LogP contribution in [0.25, 0.3) is 0 Å². The fourth-order valence-corrected chi connectivity index (χ4v) is 2.19. The minimum absolute atomic E-state index is 0.0550. The summed E-state index contributed by atoms with van der Waals surface area (Å²) >= 11 is 0. The van der Waals surface area contributed by atoms with Gasteiger partial charge in [-0.3, -0.25) is 4.79 Å². The van der Waals surface area contributed by atoms with Crippen LogP contribution < -0.4 is 5.32 Å². The van der Waals surface area contributed by atoms with E-state index >= 15 is 0 Å². The summed E-state index contributed by atoms with van der Waals surface area (Å²) in [5.41, 5.74) is 1.07. The summed E-state index contributed by atoms with van der Waals surface area (Å²) in [7, 11) is 0. The van der Waals surface area contributed by atoms with Crippen LogP contribution in [0.1, 0.15) is 24.8 Å². The Balaban J connectivity index is 1.58. The fraction of sp³-hybridized carbons (Fsp3) is 0.583. The Morgan fingerprint density at radius 2 is 2.31 bits per heavy atom. The number of likely N-dealkylation sites (tertiary alicyclic amines) is 1. The van der Waals surface area contributed by atoms with Gasteiger partial charge in [0.1, 0.15) is 0 Å². The third-order valence-electron chi connectivity index (χ3n) is 3.27. The Hall–Kier alpha value is -1.29. The Morgan fingerprint density at radius 3 is 3.00 bits per heavy atom. The zero-order valence-electron chi connectivity index (χ0n) is 9.19. The highest BCUT2D eigenvalue weighted by atomic mass is 16.3. The van der Waals surface area contributed by atoms with E-state index in [1.807, 2.05) is 11.0 Å². The number of nitrogens with zero attached hydrogens (tertiary/aromatic N) is 1. The molecular formula is C12H16N2O2. The molecule has 2 aliphatic rings. The molecule has 0 radical (unpaired) electrons. The Kier molecular flexibility index (Phi) is 2.44. The van der Waals surface area contributed by atoms with Crippen LogP contribution in [0.5, 0.6) is 0 Å². The first-order valence-electron chi connectivity index (χ1n) is 5.89. The molecule has 1 atom stereocenters. The van der Waals surface area contributed by atoms with Crippen molar-refractivity contribution in [3.05, 3.63) is 24.2 Å². The van der Waals surface area contributed by atoms with Crippen LogP contribution >= 0.6 is 0 Å². The van der Waals surface area contributed by atoms with Crippen molar-refractivity contribution < 1.29 is 9.21 Å². The topological polar surface area (TPSA) is 45.5 Å². The van der Waals surface area contributed by atoms with E-state index in [9.17, 15) is 4.79 Å². The molecule has 1 amide bonds. The van der Waals surface area contributed by atoms with E-state index in [4.69, 9.17) is 4.42 Å². The number of carbonyl (C=O) groups excluding carboxylic acids is 1. The van der Waals surface area contributed by atoms with E-state index in [2.05, 4.69) is 5.32 Å². The van der Waals surface area contributed by atoms with Crippen LogP contribution in [-0.4, -0.2) is 29.4 Å². The average Bonchev–Trinajstić information content (AvgIpc) is 2.83. The first-order chi connectivity index (χ1) is 7.83. The smallest absolute Gasteiger partial charge is 0.240 e. The van der Waals surface area contributed by atoms with E-state index in [0.29, 0.717) is 12.6 Å². The number of hydrogen-bond acceptors (Lipinski definition) is 3. The minimum atomic E-state index is 0.0550. The molecule has 0 aromatic carbocycles. The monoisotopic (exact) mass is 220 g/mol. The third-order valence-corrected chi connectivity index (χ3v) is 3.27. The van der Waals surface area contributed by atoms with Crippen molar-refractivity contribution >= 4 is 5.91 Å². The number of hydrogen-bond donors (Lipinski definition) is 1. The SMILES string of the molecule is O=C1C(NC2CC2)CCN1Cc1ccoc1. The second-order valence-corrected chi connectivity index (χ2v) is 4.67. The van der Waals surface area contributed by atoms with Gasteiger partial charge in [0.2, 0.25) is 5.91 Å². The molecule has 0 bridgehead atoms. The first-order valence-corrected chi connectivity index (χ1v) is 5.89. The summed E-state index contributed by atoms with van der Waals surface area (Å²) in [5, 5.41) is 3.40. The second-order valence-electron chi connectivity index (χ2n) is 4.67. The van der Waals surface area contributed by atoms with E-state index < -0.39 is 0 Å². The van der Waals surface area contributed by atoms with E-state index in [1.165, 1.54) is 12.8 Å². The van der Waals surface area contributed by atoms with Gasteiger partial charge in [-0.15, -0.1) is 0 Å². The van der Waals surface area contributed by atoms with Crippen molar-refractivity contribution in [1.82, 2.24) is 10.2 Å². The van der Waals surface area contributed by atoms with Crippen LogP contribution in [0.3, 0.4) is 0 Å². The molecule has 1 saturated carbocycles. The number of furan rings is 1. The molecule has 1 aliphatic carbocycles. The predicted molar refractivity (Wildman–Crippen MR) is 58.7 cm³/mol. The highest BCUT2D eigenvalue weighted by Crippen LogP contribution is 2.23. The van der Waals surface area contributed by atoms with Crippen LogP contribution in [0.15, 0.2) is 23.0 Å². The number of rotatable bonds is 4. The molecule has 4 nitrogen and oxygen atoms in total. The summed E-state index contributed by atoms with van der Waals surface area (Å²) in [6.45, 7) is 1.53. The Morgan fingerprint density at radius 1 is 1.44 bits per heavy atom. The lowest BCUT2D eigenvalue weighted by Gasteiger charge is -2.15. The summed E-state index contributed by atoms with van der Waals surface area (Å²) in [6.07, 6.45) is 6.74. The van der Waals surface area contributed by atoms with Gasteiger partial charge in [-0.05, 0) is 25.3 Å². The van der Waals surface area contributed by atoms with Crippen molar-refractivity contribution in [2.45, 2.75) is 37.9 Å². The fourth-order valence-electron chi connectivity index (χ4n) is 2.19. The highest BCUT2D eigenvalue weighted by Gasteiger charge is 2.35. The molecule has 1 unspecified atom stereocenters. The van der Waals surface area contributed by atoms with Crippen LogP contribution in [0.2, 0.25) is 0 Å². The molecule has 0 spiro atoms. The molecule has 1 saturated heterocycles. The van der Waals surface area contributed by atoms with Gasteiger partial charge in [-0.25, -0.2) is 0 Å². The van der Waals surface area contributed by atoms with E-state index in [0.717, 1.165) is 18.5 Å². The van der Waals surface area contributed by atoms with Gasteiger partial charge >= 0.3 is 0 Å². The maximum atomic E-state index is 12.0. The molecular weight excluding hydrogens is 204 g/mol. The predicted octanol–water partition coefficient (Wildman–Crippen LogP) is 1.13. The van der Waals surface area contributed by atoms with Gasteiger partial charge in [0.25, 0.3) is 0 Å². The number of nitrogens with one attached hydrogen (secondary N) is 1. The molecule has 1 aromatic heterocycles. The lowest BCUT2D eigenvalue weighted by Crippen LogP contribution is -2.39. The first kappa shape index (κ1) is 9.90. The maximum absolute atomic E-state index is 12.0. The zero-order chi connectivity index (χ0) is 11.0. The van der Waals surface area contributed by atoms with Gasteiger partial charge in [0.05, 0.1) is 18.6 Å². The molecule has 4 heteroatoms. The van der Waals surface area contributed by atoms with Crippen molar-refractivity contribution in [3.8, 4) is 0 Å². The number of amides is 1. The normalized spacial score (nSPS) is 25.4. The molecule has 2 fully saturated rings. The van der Waals surface area contributed by atoms with Gasteiger partial charge in [-0.2, -0.15) is 0 Å². The van der Waals surface area contributed by atoms with Crippen LogP contribution in [0, 0.1) is 0 Å². The van der Waals surface area contributed by atoms with Gasteiger partial charge in [0, 0.05) is 24.7 Å². The average molecular weight is 220 g/mol. The standard InChI is InChI=1S/C12H16N2O2/c15-12-11(13-10-1-2-10)3-5-14(12)7-9-4-6-16-8-9/h4,6,8,10-11,13H,1-3,5,7H2. The highest BCUT2D eigenvalue weighted by molar-refractivity contribution is 5.84. The van der Waals surface area contributed by atoms with Crippen molar-refractivity contribution in [2.75, 3.05) is 6.54 Å². The van der Waals surface area contributed by atoms with Crippen LogP contribution in [-0.2, 0) is 11.3 Å². The van der Waals surface area contributed by atoms with E-state index in [-0.39, 0.29) is 11.9 Å². The van der Waals surface area contributed by atoms with Crippen molar-refractivity contribution in [3.63, 3.8) is 0 Å². The van der Waals surface area contributed by atoms with Gasteiger partial charge in [-0.1, -0.05) is 0 Å². The third kappa shape index (κ3) is 1.97. The summed E-state index contributed by atoms with van der Waals surface area (Å²) < 4.78 is 5.01. The Labute approximate surface area is 94.6 Å². The summed E-state index contributed by atoms with van der Waals surface area (Å²) in [4.78, 5) is 13.9. The lowest BCUT2D eigenvalue weighted by molar-refractivity contribution is -0.129. The Bertz CT molecular complexity index is 370. The minimum Gasteiger partial charge on any atom is -0.472 e. The molecule has 2 heterocycles. The molecule has 3 rings (SSSR count). The van der Waals surface area contributed by atoms with Gasteiger partial charge < -0.3 is 14.6 Å². The molecule has 1 aromatic rings. The zero-order valence-corrected chi connectivity index (χ0v) is 9.19. The molecule has 16 heavy (non-hydrogen) atoms.